The summed E-state index contributed by atoms with van der Waals surface area (Å²) in [5, 5.41) is 0. The maximum absolute atomic E-state index is 12.6. The van der Waals surface area contributed by atoms with Gasteiger partial charge in [0.2, 0.25) is 0 Å². The van der Waals surface area contributed by atoms with Crippen LogP contribution in [0.5, 0.6) is 0 Å². The molecule has 0 saturated carbocycles. The molecule has 130 valence electrons. The zero-order valence-corrected chi connectivity index (χ0v) is 14.1. The lowest BCUT2D eigenvalue weighted by molar-refractivity contribution is -0.125. The van der Waals surface area contributed by atoms with Crippen molar-refractivity contribution in [2.24, 2.45) is 0 Å². The third-order valence-corrected chi connectivity index (χ3v) is 4.38. The van der Waals surface area contributed by atoms with Gasteiger partial charge in [0.15, 0.2) is 0 Å². The average molecular weight is 348 g/mol. The van der Waals surface area contributed by atoms with Crippen LogP contribution in [0, 0.1) is 6.92 Å². The second kappa shape index (κ2) is 6.11. The first-order valence-electron chi connectivity index (χ1n) is 8.20. The van der Waals surface area contributed by atoms with Crippen LogP contribution in [-0.2, 0) is 11.3 Å². The standard InChI is InChI=1S/C19H16N4O3/c1-13-6-5-9-16-20-14(10-17(24)23(13)16)11-22-18(25)12-21(19(22)26)15-7-3-2-4-8-15/h2-10H,11-12H2,1H3. The van der Waals surface area contributed by atoms with Gasteiger partial charge in [-0.15, -0.1) is 0 Å². The molecule has 26 heavy (non-hydrogen) atoms. The number of nitrogens with zero attached hydrogens (tertiary/aromatic N) is 4. The van der Waals surface area contributed by atoms with E-state index in [1.807, 2.05) is 37.3 Å². The first-order valence-corrected chi connectivity index (χ1v) is 8.20. The van der Waals surface area contributed by atoms with Gasteiger partial charge < -0.3 is 0 Å². The Hall–Kier alpha value is -3.48. The molecule has 3 aromatic rings. The van der Waals surface area contributed by atoms with Crippen molar-refractivity contribution in [3.63, 3.8) is 0 Å². The fourth-order valence-corrected chi connectivity index (χ4v) is 3.11. The quantitative estimate of drug-likeness (QED) is 0.678. The zero-order valence-electron chi connectivity index (χ0n) is 14.1. The smallest absolute Gasteiger partial charge is 0.285 e. The van der Waals surface area contributed by atoms with Gasteiger partial charge in [0.25, 0.3) is 11.5 Å². The number of para-hydroxylation sites is 1. The predicted molar refractivity (Wildman–Crippen MR) is 95.9 cm³/mol. The van der Waals surface area contributed by atoms with E-state index in [1.54, 1.807) is 18.2 Å². The number of aryl methyl sites for hydroxylation is 1. The number of carbonyl (C=O) groups excluding carboxylic acids is 2. The number of pyridine rings is 1. The molecule has 4 rings (SSSR count). The Morgan fingerprint density at radius 3 is 2.54 bits per heavy atom. The van der Waals surface area contributed by atoms with E-state index in [2.05, 4.69) is 4.98 Å². The molecule has 3 heterocycles. The summed E-state index contributed by atoms with van der Waals surface area (Å²) in [5.41, 5.74) is 2.08. The van der Waals surface area contributed by atoms with E-state index in [0.29, 0.717) is 17.0 Å². The molecule has 7 heteroatoms. The third-order valence-electron chi connectivity index (χ3n) is 4.38. The fraction of sp³-hybridized carbons (Fsp3) is 0.158. The molecule has 1 saturated heterocycles. The van der Waals surface area contributed by atoms with Crippen molar-refractivity contribution in [2.75, 3.05) is 11.4 Å². The van der Waals surface area contributed by atoms with Gasteiger partial charge in [-0.3, -0.25) is 23.8 Å². The number of hydrogen-bond donors (Lipinski definition) is 0. The van der Waals surface area contributed by atoms with Crippen molar-refractivity contribution < 1.29 is 9.59 Å². The predicted octanol–water partition coefficient (Wildman–Crippen LogP) is 1.97. The minimum Gasteiger partial charge on any atom is -0.285 e. The highest BCUT2D eigenvalue weighted by atomic mass is 16.2. The Bertz CT molecular complexity index is 1080. The molecule has 0 atom stereocenters. The van der Waals surface area contributed by atoms with Crippen molar-refractivity contribution in [3.8, 4) is 0 Å². The molecule has 0 spiro atoms. The Labute approximate surface area is 149 Å². The molecule has 0 N–H and O–H groups in total. The molecular formula is C19H16N4O3. The molecule has 0 radical (unpaired) electrons. The maximum atomic E-state index is 12.6. The van der Waals surface area contributed by atoms with E-state index in [1.165, 1.54) is 15.4 Å². The van der Waals surface area contributed by atoms with Gasteiger partial charge in [-0.2, -0.15) is 0 Å². The van der Waals surface area contributed by atoms with Crippen molar-refractivity contribution in [3.05, 3.63) is 76.3 Å². The minimum atomic E-state index is -0.410. The number of carbonyl (C=O) groups is 2. The van der Waals surface area contributed by atoms with Crippen LogP contribution < -0.4 is 10.5 Å². The van der Waals surface area contributed by atoms with Crippen LogP contribution >= 0.6 is 0 Å². The zero-order chi connectivity index (χ0) is 18.3. The van der Waals surface area contributed by atoms with Crippen molar-refractivity contribution >= 4 is 23.3 Å². The summed E-state index contributed by atoms with van der Waals surface area (Å²) in [6, 6.07) is 15.3. The molecule has 7 nitrogen and oxygen atoms in total. The lowest BCUT2D eigenvalue weighted by atomic mass is 10.3. The summed E-state index contributed by atoms with van der Waals surface area (Å²) < 4.78 is 1.49. The van der Waals surface area contributed by atoms with E-state index >= 15 is 0 Å². The number of urea groups is 1. The van der Waals surface area contributed by atoms with Gasteiger partial charge in [-0.05, 0) is 31.2 Å². The van der Waals surface area contributed by atoms with Crippen LogP contribution in [0.2, 0.25) is 0 Å². The summed E-state index contributed by atoms with van der Waals surface area (Å²) in [5.74, 6) is -0.315. The van der Waals surface area contributed by atoms with E-state index < -0.39 is 6.03 Å². The molecule has 1 aliphatic rings. The van der Waals surface area contributed by atoms with Crippen LogP contribution in [0.4, 0.5) is 10.5 Å². The van der Waals surface area contributed by atoms with Gasteiger partial charge in [0.05, 0.1) is 12.2 Å². The highest BCUT2D eigenvalue weighted by Crippen LogP contribution is 2.21. The Morgan fingerprint density at radius 1 is 1.00 bits per heavy atom. The molecule has 0 unspecified atom stereocenters. The summed E-state index contributed by atoms with van der Waals surface area (Å²) in [7, 11) is 0. The molecule has 1 fully saturated rings. The lowest BCUT2D eigenvalue weighted by Crippen LogP contribution is -2.33. The van der Waals surface area contributed by atoms with Crippen molar-refractivity contribution in [1.82, 2.24) is 14.3 Å². The second-order valence-corrected chi connectivity index (χ2v) is 6.13. The number of amides is 3. The number of imide groups is 1. The summed E-state index contributed by atoms with van der Waals surface area (Å²) in [4.78, 5) is 44.3. The SMILES string of the molecule is Cc1cccc2nc(CN3C(=O)CN(c4ccccc4)C3=O)cc(=O)n12. The van der Waals surface area contributed by atoms with Crippen LogP contribution in [0.15, 0.2) is 59.4 Å². The number of anilines is 1. The van der Waals surface area contributed by atoms with E-state index in [0.717, 1.165) is 10.6 Å². The summed E-state index contributed by atoms with van der Waals surface area (Å²) >= 11 is 0. The minimum absolute atomic E-state index is 0.0193. The fourth-order valence-electron chi connectivity index (χ4n) is 3.11. The molecule has 1 aliphatic heterocycles. The van der Waals surface area contributed by atoms with E-state index in [9.17, 15) is 14.4 Å². The van der Waals surface area contributed by atoms with Crippen LogP contribution in [0.1, 0.15) is 11.4 Å². The van der Waals surface area contributed by atoms with Crippen LogP contribution in [-0.4, -0.2) is 32.8 Å². The van der Waals surface area contributed by atoms with Crippen molar-refractivity contribution in [1.29, 1.82) is 0 Å². The number of benzene rings is 1. The number of aromatic nitrogens is 2. The Balaban J connectivity index is 1.65. The maximum Gasteiger partial charge on any atom is 0.332 e. The second-order valence-electron chi connectivity index (χ2n) is 6.13. The number of hydrogen-bond acceptors (Lipinski definition) is 4. The van der Waals surface area contributed by atoms with E-state index in [4.69, 9.17) is 0 Å². The molecule has 0 aliphatic carbocycles. The third kappa shape index (κ3) is 2.63. The van der Waals surface area contributed by atoms with Gasteiger partial charge in [0, 0.05) is 17.4 Å². The van der Waals surface area contributed by atoms with Crippen molar-refractivity contribution in [2.45, 2.75) is 13.5 Å². The van der Waals surface area contributed by atoms with Crippen LogP contribution in [0.25, 0.3) is 5.65 Å². The average Bonchev–Trinajstić information content (AvgIpc) is 2.90. The Kier molecular flexibility index (Phi) is 3.76. The first-order chi connectivity index (χ1) is 12.5. The number of rotatable bonds is 3. The summed E-state index contributed by atoms with van der Waals surface area (Å²) in [6.45, 7) is 1.77. The van der Waals surface area contributed by atoms with E-state index in [-0.39, 0.29) is 24.6 Å². The normalized spacial score (nSPS) is 14.5. The molecule has 3 amide bonds. The van der Waals surface area contributed by atoms with Gasteiger partial charge in [-0.1, -0.05) is 24.3 Å². The summed E-state index contributed by atoms with van der Waals surface area (Å²) in [6.07, 6.45) is 0. The lowest BCUT2D eigenvalue weighted by Gasteiger charge is -2.17. The Morgan fingerprint density at radius 2 is 1.77 bits per heavy atom. The van der Waals surface area contributed by atoms with Gasteiger partial charge >= 0.3 is 6.03 Å². The highest BCUT2D eigenvalue weighted by Gasteiger charge is 2.37. The van der Waals surface area contributed by atoms with Gasteiger partial charge in [0.1, 0.15) is 12.2 Å². The monoisotopic (exact) mass is 348 g/mol. The number of fused-ring (bicyclic) bond motifs is 1. The van der Waals surface area contributed by atoms with Crippen LogP contribution in [0.3, 0.4) is 0 Å². The van der Waals surface area contributed by atoms with Gasteiger partial charge in [-0.25, -0.2) is 9.78 Å². The largest absolute Gasteiger partial charge is 0.332 e. The molecule has 1 aromatic carbocycles. The first kappa shape index (κ1) is 16.0. The topological polar surface area (TPSA) is 75.0 Å². The molecular weight excluding hydrogens is 332 g/mol. The highest BCUT2D eigenvalue weighted by molar-refractivity contribution is 6.12. The molecule has 2 aromatic heterocycles. The molecule has 0 bridgehead atoms.